The highest BCUT2D eigenvalue weighted by Gasteiger charge is 2.08. The number of benzene rings is 1. The summed E-state index contributed by atoms with van der Waals surface area (Å²) >= 11 is 5.73. The molecule has 0 aliphatic rings. The van der Waals surface area contributed by atoms with E-state index in [2.05, 4.69) is 4.98 Å². The van der Waals surface area contributed by atoms with Crippen LogP contribution >= 0.6 is 11.6 Å². The zero-order valence-corrected chi connectivity index (χ0v) is 7.86. The van der Waals surface area contributed by atoms with E-state index < -0.39 is 0 Å². The molecule has 0 aliphatic heterocycles. The fraction of sp³-hybridized carbons (Fsp3) is 0. The minimum Gasteiger partial charge on any atom is -0.443 e. The van der Waals surface area contributed by atoms with Crippen molar-refractivity contribution in [2.75, 3.05) is 0 Å². The first-order chi connectivity index (χ1) is 6.81. The second-order valence-corrected chi connectivity index (χ2v) is 3.13. The van der Waals surface area contributed by atoms with Crippen molar-refractivity contribution >= 4 is 17.9 Å². The third kappa shape index (κ3) is 1.54. The summed E-state index contributed by atoms with van der Waals surface area (Å²) in [6.45, 7) is 0. The van der Waals surface area contributed by atoms with E-state index in [1.54, 1.807) is 24.3 Å². The van der Waals surface area contributed by atoms with Gasteiger partial charge in [-0.3, -0.25) is 4.79 Å². The molecule has 4 heteroatoms. The predicted octanol–water partition coefficient (Wildman–Crippen LogP) is 2.81. The van der Waals surface area contributed by atoms with Crippen molar-refractivity contribution in [2.24, 2.45) is 0 Å². The molecule has 0 fully saturated rings. The smallest absolute Gasteiger partial charge is 0.182 e. The number of oxazole rings is 1. The van der Waals surface area contributed by atoms with Crippen LogP contribution in [0.25, 0.3) is 11.3 Å². The van der Waals surface area contributed by atoms with Gasteiger partial charge in [0, 0.05) is 10.6 Å². The molecule has 0 amide bonds. The van der Waals surface area contributed by atoms with Crippen LogP contribution in [0.5, 0.6) is 0 Å². The molecule has 70 valence electrons. The van der Waals surface area contributed by atoms with Gasteiger partial charge in [0.15, 0.2) is 18.4 Å². The van der Waals surface area contributed by atoms with Crippen LogP contribution in [0.4, 0.5) is 0 Å². The molecule has 1 aromatic heterocycles. The van der Waals surface area contributed by atoms with E-state index in [0.717, 1.165) is 5.56 Å². The van der Waals surface area contributed by atoms with Crippen LogP contribution in [-0.2, 0) is 0 Å². The van der Waals surface area contributed by atoms with Crippen LogP contribution in [0, 0.1) is 0 Å². The molecule has 3 nitrogen and oxygen atoms in total. The van der Waals surface area contributed by atoms with Crippen molar-refractivity contribution in [2.45, 2.75) is 0 Å². The van der Waals surface area contributed by atoms with Gasteiger partial charge in [-0.2, -0.15) is 0 Å². The standard InChI is InChI=1S/C10H6ClNO2/c11-8-3-1-7(2-4-8)10-9(5-13)12-6-14-10/h1-6H. The maximum atomic E-state index is 10.6. The summed E-state index contributed by atoms with van der Waals surface area (Å²) in [7, 11) is 0. The lowest BCUT2D eigenvalue weighted by Crippen LogP contribution is -1.83. The van der Waals surface area contributed by atoms with E-state index in [9.17, 15) is 4.79 Å². The van der Waals surface area contributed by atoms with Gasteiger partial charge in [0.05, 0.1) is 0 Å². The van der Waals surface area contributed by atoms with E-state index in [0.29, 0.717) is 22.8 Å². The second-order valence-electron chi connectivity index (χ2n) is 2.69. The fourth-order valence-electron chi connectivity index (χ4n) is 1.16. The second kappa shape index (κ2) is 3.64. The Morgan fingerprint density at radius 2 is 2.00 bits per heavy atom. The Bertz CT molecular complexity index is 447. The highest BCUT2D eigenvalue weighted by atomic mass is 35.5. The quantitative estimate of drug-likeness (QED) is 0.712. The molecule has 1 aromatic carbocycles. The number of carbonyl (C=O) groups is 1. The maximum absolute atomic E-state index is 10.6. The molecule has 2 aromatic rings. The molecule has 0 unspecified atom stereocenters. The Labute approximate surface area is 85.3 Å². The van der Waals surface area contributed by atoms with Gasteiger partial charge in [0.2, 0.25) is 0 Å². The first kappa shape index (κ1) is 8.97. The SMILES string of the molecule is O=Cc1ncoc1-c1ccc(Cl)cc1. The molecule has 0 saturated carbocycles. The number of hydrogen-bond donors (Lipinski definition) is 0. The summed E-state index contributed by atoms with van der Waals surface area (Å²) in [6.07, 6.45) is 1.90. The number of hydrogen-bond acceptors (Lipinski definition) is 3. The number of rotatable bonds is 2. The van der Waals surface area contributed by atoms with Gasteiger partial charge >= 0.3 is 0 Å². The summed E-state index contributed by atoms with van der Waals surface area (Å²) in [6, 6.07) is 7.01. The number of aromatic nitrogens is 1. The lowest BCUT2D eigenvalue weighted by atomic mass is 10.1. The lowest BCUT2D eigenvalue weighted by molar-refractivity contribution is 0.112. The Hall–Kier alpha value is -1.61. The van der Waals surface area contributed by atoms with Gasteiger partial charge in [-0.05, 0) is 24.3 Å². The van der Waals surface area contributed by atoms with Gasteiger partial charge in [0.25, 0.3) is 0 Å². The molecule has 0 bridgehead atoms. The summed E-state index contributed by atoms with van der Waals surface area (Å²) in [5, 5.41) is 0.640. The van der Waals surface area contributed by atoms with Crippen molar-refractivity contribution in [1.82, 2.24) is 4.98 Å². The van der Waals surface area contributed by atoms with E-state index in [1.807, 2.05) is 0 Å². The maximum Gasteiger partial charge on any atom is 0.182 e. The Morgan fingerprint density at radius 3 is 2.64 bits per heavy atom. The molecular weight excluding hydrogens is 202 g/mol. The largest absolute Gasteiger partial charge is 0.443 e. The van der Waals surface area contributed by atoms with Crippen molar-refractivity contribution < 1.29 is 9.21 Å². The van der Waals surface area contributed by atoms with Crippen LogP contribution in [0.1, 0.15) is 10.5 Å². The monoisotopic (exact) mass is 207 g/mol. The molecule has 0 radical (unpaired) electrons. The molecule has 2 rings (SSSR count). The minimum absolute atomic E-state index is 0.298. The Kier molecular flexibility index (Phi) is 2.33. The van der Waals surface area contributed by atoms with Crippen molar-refractivity contribution in [3.63, 3.8) is 0 Å². The number of halogens is 1. The van der Waals surface area contributed by atoms with Crippen LogP contribution < -0.4 is 0 Å². The third-order valence-electron chi connectivity index (χ3n) is 1.81. The van der Waals surface area contributed by atoms with E-state index in [1.165, 1.54) is 6.39 Å². The minimum atomic E-state index is 0.298. The highest BCUT2D eigenvalue weighted by molar-refractivity contribution is 6.30. The fourth-order valence-corrected chi connectivity index (χ4v) is 1.28. The molecular formula is C10H6ClNO2. The number of carbonyl (C=O) groups excluding carboxylic acids is 1. The summed E-state index contributed by atoms with van der Waals surface area (Å²) < 4.78 is 5.10. The van der Waals surface area contributed by atoms with Gasteiger partial charge < -0.3 is 4.42 Å². The molecule has 0 spiro atoms. The van der Waals surface area contributed by atoms with E-state index in [-0.39, 0.29) is 0 Å². The van der Waals surface area contributed by atoms with Crippen LogP contribution in [0.3, 0.4) is 0 Å². The molecule has 0 aliphatic carbocycles. The summed E-state index contributed by atoms with van der Waals surface area (Å²) in [5.74, 6) is 0.469. The Balaban J connectivity index is 2.49. The van der Waals surface area contributed by atoms with Crippen molar-refractivity contribution in [3.8, 4) is 11.3 Å². The van der Waals surface area contributed by atoms with E-state index in [4.69, 9.17) is 16.0 Å². The predicted molar refractivity (Wildman–Crippen MR) is 52.3 cm³/mol. The van der Waals surface area contributed by atoms with Gasteiger partial charge in [0.1, 0.15) is 5.69 Å². The summed E-state index contributed by atoms with van der Waals surface area (Å²) in [5.41, 5.74) is 1.08. The molecule has 1 heterocycles. The summed E-state index contributed by atoms with van der Waals surface area (Å²) in [4.78, 5) is 14.3. The number of aldehydes is 1. The van der Waals surface area contributed by atoms with Crippen molar-refractivity contribution in [1.29, 1.82) is 0 Å². The molecule has 0 atom stereocenters. The molecule has 14 heavy (non-hydrogen) atoms. The zero-order chi connectivity index (χ0) is 9.97. The lowest BCUT2D eigenvalue weighted by Gasteiger charge is -1.96. The van der Waals surface area contributed by atoms with Crippen LogP contribution in [0.15, 0.2) is 35.1 Å². The highest BCUT2D eigenvalue weighted by Crippen LogP contribution is 2.23. The first-order valence-corrected chi connectivity index (χ1v) is 4.33. The topological polar surface area (TPSA) is 43.1 Å². The van der Waals surface area contributed by atoms with Crippen LogP contribution in [0.2, 0.25) is 5.02 Å². The molecule has 0 saturated heterocycles. The molecule has 0 N–H and O–H groups in total. The van der Waals surface area contributed by atoms with Gasteiger partial charge in [-0.15, -0.1) is 0 Å². The van der Waals surface area contributed by atoms with Gasteiger partial charge in [-0.25, -0.2) is 4.98 Å². The van der Waals surface area contributed by atoms with Gasteiger partial charge in [-0.1, -0.05) is 11.6 Å². The third-order valence-corrected chi connectivity index (χ3v) is 2.07. The van der Waals surface area contributed by atoms with E-state index >= 15 is 0 Å². The Morgan fingerprint density at radius 1 is 1.29 bits per heavy atom. The van der Waals surface area contributed by atoms with Crippen molar-refractivity contribution in [3.05, 3.63) is 41.4 Å². The average molecular weight is 208 g/mol. The number of nitrogens with zero attached hydrogens (tertiary/aromatic N) is 1. The first-order valence-electron chi connectivity index (χ1n) is 3.96. The average Bonchev–Trinajstić information content (AvgIpc) is 2.67. The van der Waals surface area contributed by atoms with Crippen LogP contribution in [-0.4, -0.2) is 11.3 Å². The normalized spacial score (nSPS) is 10.1. The zero-order valence-electron chi connectivity index (χ0n) is 7.11.